The lowest BCUT2D eigenvalue weighted by molar-refractivity contribution is 0.768. The summed E-state index contributed by atoms with van der Waals surface area (Å²) in [7, 11) is 0. The van der Waals surface area contributed by atoms with E-state index >= 15 is 0 Å². The molecule has 0 spiro atoms. The Hall–Kier alpha value is -11.3. The Morgan fingerprint density at radius 1 is 0.273 bits per heavy atom. The molecular weight excluding hydrogens is 1060 g/mol. The van der Waals surface area contributed by atoms with Crippen molar-refractivity contribution in [1.29, 1.82) is 0 Å². The second-order valence-electron chi connectivity index (χ2n) is 22.4. The van der Waals surface area contributed by atoms with E-state index in [0.717, 1.165) is 134 Å². The fourth-order valence-electron chi connectivity index (χ4n) is 14.3. The summed E-state index contributed by atoms with van der Waals surface area (Å²) >= 11 is 0. The zero-order chi connectivity index (χ0) is 67.5. The zero-order valence-corrected chi connectivity index (χ0v) is 47.9. The van der Waals surface area contributed by atoms with Crippen LogP contribution in [0.4, 0.5) is 34.1 Å². The van der Waals surface area contributed by atoms with Crippen LogP contribution in [0.25, 0.3) is 67.1 Å². The van der Waals surface area contributed by atoms with Crippen LogP contribution < -0.4 is 9.80 Å². The van der Waals surface area contributed by atoms with Crippen LogP contribution in [0.15, 0.2) is 341 Å². The first kappa shape index (κ1) is 42.5. The van der Waals surface area contributed by atoms with E-state index in [-0.39, 0.29) is 35.3 Å². The van der Waals surface area contributed by atoms with Gasteiger partial charge in [0.1, 0.15) is 0 Å². The van der Waals surface area contributed by atoms with Gasteiger partial charge >= 0.3 is 0 Å². The first-order valence-corrected chi connectivity index (χ1v) is 29.6. The Morgan fingerprint density at radius 2 is 0.614 bits per heavy atom. The smallest absolute Gasteiger partial charge is 0.0714 e. The van der Waals surface area contributed by atoms with Gasteiger partial charge in [0.05, 0.1) is 35.9 Å². The molecule has 2 nitrogen and oxygen atoms in total. The van der Waals surface area contributed by atoms with Gasteiger partial charge < -0.3 is 9.80 Å². The van der Waals surface area contributed by atoms with Gasteiger partial charge in [0, 0.05) is 33.5 Å². The maximum atomic E-state index is 9.71. The van der Waals surface area contributed by atoms with Gasteiger partial charge in [-0.05, 0) is 160 Å². The van der Waals surface area contributed by atoms with Gasteiger partial charge in [-0.15, -0.1) is 0 Å². The first-order valence-electron chi connectivity index (χ1n) is 34.6. The molecule has 0 aromatic heterocycles. The van der Waals surface area contributed by atoms with Crippen LogP contribution in [-0.2, 0) is 10.8 Å². The number of para-hydroxylation sites is 2. The fourth-order valence-corrected chi connectivity index (χ4v) is 14.3. The van der Waals surface area contributed by atoms with Crippen LogP contribution in [0.1, 0.15) is 69.3 Å². The standard InChI is InChI=1S/C86H60N2/c1-3-59-41-45-63(46-42-59)85(61-25-9-5-10-26-61)79-39-23-21-35-73(79)75-51-49-67(57-81(75)85)87(65-29-13-7-14-30-65)83-55-53-71(69-33-17-19-37-77(69)83)72-54-56-84(78-38-20-18-34-70(72)78)88(66-31-15-8-16-32-66)68-50-52-76-74-36-22-24-40-80(74)86(82(76)58-68,62-27-11-6-12-28-62)64-47-43-60(4-2)44-48-64/h3-58H,1-2H2/i5D,6D,9D,10D,11D,12D,25D,26D,27D,28D. The van der Waals surface area contributed by atoms with E-state index < -0.39 is 47.1 Å². The van der Waals surface area contributed by atoms with E-state index in [1.165, 1.54) is 0 Å². The van der Waals surface area contributed by atoms with Crippen molar-refractivity contribution in [3.63, 3.8) is 0 Å². The van der Waals surface area contributed by atoms with Gasteiger partial charge in [-0.25, -0.2) is 0 Å². The summed E-state index contributed by atoms with van der Waals surface area (Å²) < 4.78 is 92.7. The minimum absolute atomic E-state index is 0.169. The number of rotatable bonds is 13. The zero-order valence-electron chi connectivity index (χ0n) is 57.9. The lowest BCUT2D eigenvalue weighted by atomic mass is 9.67. The molecule has 0 saturated heterocycles. The van der Waals surface area contributed by atoms with Crippen LogP contribution in [0, 0.1) is 0 Å². The summed E-state index contributed by atoms with van der Waals surface area (Å²) in [5, 5.41) is 3.93. The number of fused-ring (bicyclic) bond motifs is 8. The van der Waals surface area contributed by atoms with Crippen LogP contribution in [0.2, 0.25) is 0 Å². The van der Waals surface area contributed by atoms with Crippen LogP contribution in [-0.4, -0.2) is 0 Å². The molecule has 414 valence electrons. The summed E-state index contributed by atoms with van der Waals surface area (Å²) in [5.74, 6) is 0. The normalized spacial score (nSPS) is 16.8. The van der Waals surface area contributed by atoms with E-state index in [1.807, 2.05) is 121 Å². The number of anilines is 6. The van der Waals surface area contributed by atoms with Crippen molar-refractivity contribution in [2.75, 3.05) is 9.80 Å². The molecule has 2 aliphatic carbocycles. The lowest BCUT2D eigenvalue weighted by Gasteiger charge is -2.35. The topological polar surface area (TPSA) is 6.48 Å². The van der Waals surface area contributed by atoms with Crippen LogP contribution in [0.3, 0.4) is 0 Å². The molecule has 2 aliphatic rings. The van der Waals surface area contributed by atoms with E-state index in [4.69, 9.17) is 8.22 Å². The van der Waals surface area contributed by atoms with Crippen molar-refractivity contribution >= 4 is 67.8 Å². The van der Waals surface area contributed by atoms with Crippen molar-refractivity contribution in [2.45, 2.75) is 10.8 Å². The average Bonchev–Trinajstić information content (AvgIpc) is 1.58. The van der Waals surface area contributed by atoms with E-state index in [2.05, 4.69) is 169 Å². The predicted octanol–water partition coefficient (Wildman–Crippen LogP) is 22.6. The maximum absolute atomic E-state index is 9.71. The van der Waals surface area contributed by atoms with Crippen LogP contribution >= 0.6 is 0 Å². The molecule has 2 unspecified atom stereocenters. The minimum Gasteiger partial charge on any atom is -0.310 e. The third kappa shape index (κ3) is 8.03. The SMILES string of the molecule is [2H]c1c([2H])c([2H])c(C2(c3ccc(C=C)cc3)c3ccccc3-c3ccc(N(c4ccccc4)c4ccc(-c5ccc(N(c6ccccc6)c6ccc7c(c6)C(c6ccc(C=C)cc6)(c6c([2H])c([2H])c([2H])c([2H])c6[2H])c6ccccc6-7)c6ccccc56)c5ccccc45)cc32)c([2H])c1[2H]. The highest BCUT2D eigenvalue weighted by molar-refractivity contribution is 6.13. The van der Waals surface area contributed by atoms with Gasteiger partial charge in [0.25, 0.3) is 0 Å². The molecule has 0 radical (unpaired) electrons. The number of nitrogens with zero attached hydrogens (tertiary/aromatic N) is 2. The van der Waals surface area contributed by atoms with E-state index in [9.17, 15) is 5.48 Å². The Bertz CT molecular complexity index is 5230. The molecule has 0 saturated carbocycles. The molecule has 14 aromatic carbocycles. The first-order chi connectivity index (χ1) is 47.7. The summed E-state index contributed by atoms with van der Waals surface area (Å²) in [6.07, 6.45) is 3.54. The van der Waals surface area contributed by atoms with Gasteiger partial charge in [0.15, 0.2) is 0 Å². The van der Waals surface area contributed by atoms with Crippen molar-refractivity contribution < 1.29 is 13.7 Å². The highest BCUT2D eigenvalue weighted by Crippen LogP contribution is 2.60. The monoisotopic (exact) mass is 1130 g/mol. The lowest BCUT2D eigenvalue weighted by Crippen LogP contribution is -2.28. The minimum atomic E-state index is -1.36. The Morgan fingerprint density at radius 3 is 1.01 bits per heavy atom. The van der Waals surface area contributed by atoms with Gasteiger partial charge in [0.2, 0.25) is 0 Å². The second kappa shape index (κ2) is 21.3. The largest absolute Gasteiger partial charge is 0.310 e. The third-order valence-corrected chi connectivity index (χ3v) is 18.1. The number of hydrogen-bond acceptors (Lipinski definition) is 2. The van der Waals surface area contributed by atoms with Crippen molar-refractivity contribution in [2.24, 2.45) is 0 Å². The maximum Gasteiger partial charge on any atom is 0.0714 e. The third-order valence-electron chi connectivity index (χ3n) is 18.1. The molecule has 0 heterocycles. The summed E-state index contributed by atoms with van der Waals surface area (Å²) in [4.78, 5) is 4.50. The molecule has 88 heavy (non-hydrogen) atoms. The quantitative estimate of drug-likeness (QED) is 0.114. The second-order valence-corrected chi connectivity index (χ2v) is 22.4. The van der Waals surface area contributed by atoms with E-state index in [0.29, 0.717) is 0 Å². The van der Waals surface area contributed by atoms with Crippen molar-refractivity contribution in [3.05, 3.63) is 396 Å². The van der Waals surface area contributed by atoms with Crippen molar-refractivity contribution in [3.8, 4) is 33.4 Å². The summed E-state index contributed by atoms with van der Waals surface area (Å²) in [6, 6.07) is 87.0. The summed E-state index contributed by atoms with van der Waals surface area (Å²) in [6.45, 7) is 8.06. The fraction of sp³-hybridized carbons (Fsp3) is 0.0233. The summed E-state index contributed by atoms with van der Waals surface area (Å²) in [5.41, 5.74) is 14.7. The molecular formula is C86H60N2. The Balaban J connectivity index is 0.885. The molecule has 0 fully saturated rings. The molecule has 16 rings (SSSR count). The van der Waals surface area contributed by atoms with E-state index in [1.54, 1.807) is 12.2 Å². The molecule has 2 atom stereocenters. The Labute approximate surface area is 529 Å². The molecule has 0 amide bonds. The Kier molecular flexibility index (Phi) is 10.3. The molecule has 0 N–H and O–H groups in total. The number of benzene rings is 14. The van der Waals surface area contributed by atoms with Crippen LogP contribution in [0.5, 0.6) is 0 Å². The number of hydrogen-bond donors (Lipinski definition) is 0. The highest BCUT2D eigenvalue weighted by atomic mass is 15.1. The van der Waals surface area contributed by atoms with Gasteiger partial charge in [-0.3, -0.25) is 0 Å². The molecule has 0 bridgehead atoms. The molecule has 2 heteroatoms. The predicted molar refractivity (Wildman–Crippen MR) is 371 cm³/mol. The van der Waals surface area contributed by atoms with Crippen molar-refractivity contribution in [1.82, 2.24) is 0 Å². The average molecular weight is 1130 g/mol. The van der Waals surface area contributed by atoms with Gasteiger partial charge in [-0.1, -0.05) is 292 Å². The van der Waals surface area contributed by atoms with Gasteiger partial charge in [-0.2, -0.15) is 0 Å². The molecule has 0 aliphatic heterocycles. The highest BCUT2D eigenvalue weighted by Gasteiger charge is 2.48. The molecule has 14 aromatic rings.